The highest BCUT2D eigenvalue weighted by atomic mass is 16.2. The Morgan fingerprint density at radius 1 is 1.05 bits per heavy atom. The number of hydrogen-bond acceptors (Lipinski definition) is 3. The summed E-state index contributed by atoms with van der Waals surface area (Å²) in [6.45, 7) is 4.73. The smallest absolute Gasteiger partial charge is 0.253 e. The van der Waals surface area contributed by atoms with Gasteiger partial charge in [0.2, 0.25) is 11.8 Å². The topological polar surface area (TPSA) is 83.7 Å². The van der Waals surface area contributed by atoms with Crippen molar-refractivity contribution in [1.29, 1.82) is 0 Å². The molecule has 1 atom stereocenters. The minimum atomic E-state index is -0.541. The number of amides is 3. The zero-order valence-corrected chi connectivity index (χ0v) is 12.9. The van der Waals surface area contributed by atoms with Crippen LogP contribution in [0.25, 0.3) is 0 Å². The van der Waals surface area contributed by atoms with E-state index in [2.05, 4.69) is 0 Å². The molecule has 1 aliphatic heterocycles. The van der Waals surface area contributed by atoms with Gasteiger partial charge in [0.15, 0.2) is 0 Å². The van der Waals surface area contributed by atoms with Crippen molar-refractivity contribution in [3.05, 3.63) is 35.4 Å². The molecule has 0 aliphatic carbocycles. The molecule has 0 radical (unpaired) electrons. The molecule has 6 heteroatoms. The van der Waals surface area contributed by atoms with Gasteiger partial charge in [-0.2, -0.15) is 0 Å². The third-order valence-corrected chi connectivity index (χ3v) is 3.95. The first-order valence-electron chi connectivity index (χ1n) is 7.29. The van der Waals surface area contributed by atoms with E-state index in [1.54, 1.807) is 21.9 Å². The van der Waals surface area contributed by atoms with E-state index in [0.29, 0.717) is 18.7 Å². The fourth-order valence-electron chi connectivity index (χ4n) is 2.54. The maximum atomic E-state index is 12.6. The van der Waals surface area contributed by atoms with Gasteiger partial charge in [-0.3, -0.25) is 14.4 Å². The highest BCUT2D eigenvalue weighted by Crippen LogP contribution is 2.14. The normalized spacial score (nSPS) is 18.7. The minimum Gasteiger partial charge on any atom is -0.369 e. The molecule has 0 spiro atoms. The van der Waals surface area contributed by atoms with Crippen molar-refractivity contribution in [3.63, 3.8) is 0 Å². The molecule has 0 bridgehead atoms. The molecule has 1 aromatic rings. The summed E-state index contributed by atoms with van der Waals surface area (Å²) in [5.41, 5.74) is 7.05. The van der Waals surface area contributed by atoms with Crippen molar-refractivity contribution >= 4 is 17.7 Å². The summed E-state index contributed by atoms with van der Waals surface area (Å²) in [6.07, 6.45) is 0. The van der Waals surface area contributed by atoms with Gasteiger partial charge >= 0.3 is 0 Å². The molecule has 2 rings (SSSR count). The molecule has 0 unspecified atom stereocenters. The monoisotopic (exact) mass is 303 g/mol. The maximum absolute atomic E-state index is 12.6. The van der Waals surface area contributed by atoms with Crippen molar-refractivity contribution in [2.24, 2.45) is 11.7 Å². The van der Waals surface area contributed by atoms with E-state index < -0.39 is 11.8 Å². The second kappa shape index (κ2) is 6.60. The van der Waals surface area contributed by atoms with Crippen LogP contribution in [0.4, 0.5) is 0 Å². The van der Waals surface area contributed by atoms with Crippen LogP contribution in [0, 0.1) is 12.8 Å². The van der Waals surface area contributed by atoms with Gasteiger partial charge in [-0.1, -0.05) is 17.7 Å². The number of nitrogens with zero attached hydrogens (tertiary/aromatic N) is 2. The van der Waals surface area contributed by atoms with E-state index >= 15 is 0 Å². The van der Waals surface area contributed by atoms with Gasteiger partial charge in [-0.15, -0.1) is 0 Å². The van der Waals surface area contributed by atoms with Crippen LogP contribution >= 0.6 is 0 Å². The maximum Gasteiger partial charge on any atom is 0.253 e. The van der Waals surface area contributed by atoms with Crippen LogP contribution in [0.2, 0.25) is 0 Å². The number of carbonyl (C=O) groups is 3. The summed E-state index contributed by atoms with van der Waals surface area (Å²) < 4.78 is 0. The van der Waals surface area contributed by atoms with E-state index in [1.807, 2.05) is 19.1 Å². The van der Waals surface area contributed by atoms with Gasteiger partial charge in [0, 0.05) is 38.7 Å². The number of nitrogens with two attached hydrogens (primary N) is 1. The third-order valence-electron chi connectivity index (χ3n) is 3.95. The van der Waals surface area contributed by atoms with Crippen molar-refractivity contribution in [3.8, 4) is 0 Å². The van der Waals surface area contributed by atoms with E-state index in [9.17, 15) is 14.4 Å². The van der Waals surface area contributed by atoms with Crippen molar-refractivity contribution in [1.82, 2.24) is 9.80 Å². The van der Waals surface area contributed by atoms with Gasteiger partial charge in [-0.25, -0.2) is 0 Å². The van der Waals surface area contributed by atoms with Gasteiger partial charge < -0.3 is 15.5 Å². The Hall–Kier alpha value is -2.37. The summed E-state index contributed by atoms with van der Waals surface area (Å²) in [7, 11) is 0. The van der Waals surface area contributed by atoms with Crippen LogP contribution < -0.4 is 5.73 Å². The molecular weight excluding hydrogens is 282 g/mol. The first-order valence-corrected chi connectivity index (χ1v) is 7.29. The lowest BCUT2D eigenvalue weighted by Gasteiger charge is -2.22. The number of hydrogen-bond donors (Lipinski definition) is 1. The number of rotatable bonds is 2. The number of carbonyl (C=O) groups excluding carboxylic acids is 3. The van der Waals surface area contributed by atoms with Gasteiger partial charge in [0.1, 0.15) is 0 Å². The quantitative estimate of drug-likeness (QED) is 0.858. The number of primary amides is 1. The van der Waals surface area contributed by atoms with E-state index in [0.717, 1.165) is 5.56 Å². The van der Waals surface area contributed by atoms with Crippen LogP contribution in [0.3, 0.4) is 0 Å². The van der Waals surface area contributed by atoms with E-state index in [-0.39, 0.29) is 24.9 Å². The van der Waals surface area contributed by atoms with Crippen LogP contribution in [-0.2, 0) is 9.59 Å². The van der Waals surface area contributed by atoms with E-state index in [4.69, 9.17) is 5.73 Å². The Morgan fingerprint density at radius 2 is 1.59 bits per heavy atom. The molecule has 2 N–H and O–H groups in total. The summed E-state index contributed by atoms with van der Waals surface area (Å²) >= 11 is 0. The predicted molar refractivity (Wildman–Crippen MR) is 82.0 cm³/mol. The molecule has 0 saturated carbocycles. The van der Waals surface area contributed by atoms with E-state index in [1.165, 1.54) is 6.92 Å². The lowest BCUT2D eigenvalue weighted by atomic mass is 10.1. The molecule has 3 amide bonds. The SMILES string of the molecule is CC(=O)N1CCN(C(=O)c2ccc(C)cc2)C[C@H](C(N)=O)C1. The largest absolute Gasteiger partial charge is 0.369 e. The van der Waals surface area contributed by atoms with Gasteiger partial charge in [0.25, 0.3) is 5.91 Å². The number of benzene rings is 1. The Labute approximate surface area is 129 Å². The van der Waals surface area contributed by atoms with Crippen LogP contribution in [-0.4, -0.2) is 53.7 Å². The zero-order chi connectivity index (χ0) is 16.3. The van der Waals surface area contributed by atoms with Gasteiger partial charge in [-0.05, 0) is 19.1 Å². The Kier molecular flexibility index (Phi) is 4.80. The van der Waals surface area contributed by atoms with Crippen molar-refractivity contribution < 1.29 is 14.4 Å². The fraction of sp³-hybridized carbons (Fsp3) is 0.438. The second-order valence-electron chi connectivity index (χ2n) is 5.68. The summed E-state index contributed by atoms with van der Waals surface area (Å²) in [6, 6.07) is 7.28. The molecule has 1 fully saturated rings. The van der Waals surface area contributed by atoms with Crippen molar-refractivity contribution in [2.45, 2.75) is 13.8 Å². The molecular formula is C16H21N3O3. The lowest BCUT2D eigenvalue weighted by molar-refractivity contribution is -0.130. The average molecular weight is 303 g/mol. The van der Waals surface area contributed by atoms with Crippen LogP contribution in [0.5, 0.6) is 0 Å². The predicted octanol–water partition coefficient (Wildman–Crippen LogP) is 0.401. The molecule has 6 nitrogen and oxygen atoms in total. The molecule has 1 aromatic carbocycles. The third kappa shape index (κ3) is 3.63. The molecule has 0 aromatic heterocycles. The Morgan fingerprint density at radius 3 is 2.14 bits per heavy atom. The number of aryl methyl sites for hydroxylation is 1. The first kappa shape index (κ1) is 16.0. The second-order valence-corrected chi connectivity index (χ2v) is 5.68. The average Bonchev–Trinajstić information content (AvgIpc) is 2.70. The molecule has 1 saturated heterocycles. The summed E-state index contributed by atoms with van der Waals surface area (Å²) in [5, 5.41) is 0. The summed E-state index contributed by atoms with van der Waals surface area (Å²) in [5.74, 6) is -1.29. The first-order chi connectivity index (χ1) is 10.4. The minimum absolute atomic E-state index is 0.115. The zero-order valence-electron chi connectivity index (χ0n) is 12.9. The Balaban J connectivity index is 2.19. The lowest BCUT2D eigenvalue weighted by Crippen LogP contribution is -2.40. The highest BCUT2D eigenvalue weighted by Gasteiger charge is 2.30. The standard InChI is InChI=1S/C16H21N3O3/c1-11-3-5-13(6-4-11)16(22)19-8-7-18(12(2)20)9-14(10-19)15(17)21/h3-6,14H,7-10H2,1-2H3,(H2,17,21)/t14-/m1/s1. The van der Waals surface area contributed by atoms with Crippen molar-refractivity contribution in [2.75, 3.05) is 26.2 Å². The molecule has 118 valence electrons. The highest BCUT2D eigenvalue weighted by molar-refractivity contribution is 5.94. The fourth-order valence-corrected chi connectivity index (χ4v) is 2.54. The molecule has 22 heavy (non-hydrogen) atoms. The van der Waals surface area contributed by atoms with Gasteiger partial charge in [0.05, 0.1) is 5.92 Å². The summed E-state index contributed by atoms with van der Waals surface area (Å²) in [4.78, 5) is 38.9. The van der Waals surface area contributed by atoms with Crippen LogP contribution in [0.15, 0.2) is 24.3 Å². The molecule has 1 aliphatic rings. The molecule has 1 heterocycles. The Bertz CT molecular complexity index is 583. The van der Waals surface area contributed by atoms with Crippen LogP contribution in [0.1, 0.15) is 22.8 Å².